The third-order valence-electron chi connectivity index (χ3n) is 3.35. The SMILES string of the molecule is CC(C)CCN1C(=O)C(C)Oc2cc(C(=O)O)ccc21. The fraction of sp³-hybridized carbons (Fsp3) is 0.467. The van der Waals surface area contributed by atoms with Crippen molar-refractivity contribution in [2.45, 2.75) is 33.3 Å². The first-order valence-electron chi connectivity index (χ1n) is 6.75. The zero-order chi connectivity index (χ0) is 14.9. The maximum Gasteiger partial charge on any atom is 0.335 e. The topological polar surface area (TPSA) is 66.8 Å². The first kappa shape index (κ1) is 14.4. The van der Waals surface area contributed by atoms with Crippen molar-refractivity contribution in [3.63, 3.8) is 0 Å². The molecular formula is C15H19NO4. The number of hydrogen-bond acceptors (Lipinski definition) is 3. The van der Waals surface area contributed by atoms with Crippen LogP contribution in [0.4, 0.5) is 5.69 Å². The molecule has 1 aliphatic heterocycles. The molecule has 1 aromatic rings. The number of aromatic carboxylic acids is 1. The Morgan fingerprint density at radius 3 is 2.75 bits per heavy atom. The molecule has 0 saturated carbocycles. The van der Waals surface area contributed by atoms with Gasteiger partial charge in [-0.2, -0.15) is 0 Å². The molecule has 2 rings (SSSR count). The summed E-state index contributed by atoms with van der Waals surface area (Å²) < 4.78 is 5.52. The Morgan fingerprint density at radius 1 is 1.45 bits per heavy atom. The monoisotopic (exact) mass is 277 g/mol. The second kappa shape index (κ2) is 5.53. The molecule has 1 unspecified atom stereocenters. The van der Waals surface area contributed by atoms with Gasteiger partial charge in [0.1, 0.15) is 5.75 Å². The molecule has 0 fully saturated rings. The van der Waals surface area contributed by atoms with Crippen LogP contribution >= 0.6 is 0 Å². The second-order valence-electron chi connectivity index (χ2n) is 5.42. The van der Waals surface area contributed by atoms with E-state index in [1.807, 2.05) is 0 Å². The molecule has 1 aromatic carbocycles. The molecule has 0 spiro atoms. The van der Waals surface area contributed by atoms with Crippen molar-refractivity contribution in [1.29, 1.82) is 0 Å². The third kappa shape index (κ3) is 2.76. The number of carboxylic acids is 1. The van der Waals surface area contributed by atoms with Crippen LogP contribution in [0, 0.1) is 5.92 Å². The van der Waals surface area contributed by atoms with Gasteiger partial charge in [-0.3, -0.25) is 4.79 Å². The van der Waals surface area contributed by atoms with Crippen LogP contribution in [-0.2, 0) is 4.79 Å². The summed E-state index contributed by atoms with van der Waals surface area (Å²) in [6.07, 6.45) is 0.303. The molecule has 1 N–H and O–H groups in total. The van der Waals surface area contributed by atoms with Crippen molar-refractivity contribution in [3.05, 3.63) is 23.8 Å². The summed E-state index contributed by atoms with van der Waals surface area (Å²) in [6, 6.07) is 4.61. The van der Waals surface area contributed by atoms with Gasteiger partial charge in [-0.25, -0.2) is 4.79 Å². The Labute approximate surface area is 118 Å². The van der Waals surface area contributed by atoms with Gasteiger partial charge in [0.2, 0.25) is 0 Å². The number of anilines is 1. The maximum absolute atomic E-state index is 12.2. The molecule has 0 saturated heterocycles. The van der Waals surface area contributed by atoms with Gasteiger partial charge in [0, 0.05) is 6.54 Å². The van der Waals surface area contributed by atoms with E-state index in [-0.39, 0.29) is 11.5 Å². The third-order valence-corrected chi connectivity index (χ3v) is 3.35. The van der Waals surface area contributed by atoms with Crippen molar-refractivity contribution >= 4 is 17.6 Å². The number of nitrogens with zero attached hydrogens (tertiary/aromatic N) is 1. The van der Waals surface area contributed by atoms with Gasteiger partial charge in [0.05, 0.1) is 11.3 Å². The van der Waals surface area contributed by atoms with Crippen LogP contribution in [0.2, 0.25) is 0 Å². The molecule has 20 heavy (non-hydrogen) atoms. The van der Waals surface area contributed by atoms with E-state index in [1.165, 1.54) is 12.1 Å². The quantitative estimate of drug-likeness (QED) is 0.918. The van der Waals surface area contributed by atoms with Gasteiger partial charge in [-0.15, -0.1) is 0 Å². The summed E-state index contributed by atoms with van der Waals surface area (Å²) >= 11 is 0. The summed E-state index contributed by atoms with van der Waals surface area (Å²) in [5.74, 6) is -0.139. The van der Waals surface area contributed by atoms with Crippen molar-refractivity contribution in [2.75, 3.05) is 11.4 Å². The summed E-state index contributed by atoms with van der Waals surface area (Å²) in [6.45, 7) is 6.50. The van der Waals surface area contributed by atoms with E-state index < -0.39 is 12.1 Å². The average molecular weight is 277 g/mol. The summed E-state index contributed by atoms with van der Waals surface area (Å²) in [5, 5.41) is 9.01. The van der Waals surface area contributed by atoms with Crippen molar-refractivity contribution in [3.8, 4) is 5.75 Å². The highest BCUT2D eigenvalue weighted by Crippen LogP contribution is 2.35. The Kier molecular flexibility index (Phi) is 3.97. The first-order valence-corrected chi connectivity index (χ1v) is 6.75. The average Bonchev–Trinajstić information content (AvgIpc) is 2.38. The minimum atomic E-state index is -1.00. The lowest BCUT2D eigenvalue weighted by molar-refractivity contribution is -0.125. The molecule has 0 bridgehead atoms. The lowest BCUT2D eigenvalue weighted by atomic mass is 10.1. The number of amides is 1. The largest absolute Gasteiger partial charge is 0.479 e. The molecule has 0 aromatic heterocycles. The van der Waals surface area contributed by atoms with Crippen LogP contribution < -0.4 is 9.64 Å². The molecular weight excluding hydrogens is 258 g/mol. The van der Waals surface area contributed by atoms with Crippen LogP contribution in [0.5, 0.6) is 5.75 Å². The molecule has 5 nitrogen and oxygen atoms in total. The van der Waals surface area contributed by atoms with Crippen LogP contribution in [0.15, 0.2) is 18.2 Å². The van der Waals surface area contributed by atoms with E-state index in [0.717, 1.165) is 6.42 Å². The van der Waals surface area contributed by atoms with E-state index >= 15 is 0 Å². The molecule has 1 aliphatic rings. The normalized spacial score (nSPS) is 17.9. The van der Waals surface area contributed by atoms with Gasteiger partial charge >= 0.3 is 5.97 Å². The van der Waals surface area contributed by atoms with E-state index in [2.05, 4.69) is 13.8 Å². The van der Waals surface area contributed by atoms with Crippen LogP contribution in [-0.4, -0.2) is 29.6 Å². The molecule has 0 aliphatic carbocycles. The number of hydrogen-bond donors (Lipinski definition) is 1. The van der Waals surface area contributed by atoms with Crippen molar-refractivity contribution in [1.82, 2.24) is 0 Å². The predicted octanol–water partition coefficient (Wildman–Crippen LogP) is 2.54. The van der Waals surface area contributed by atoms with E-state index in [4.69, 9.17) is 9.84 Å². The number of carbonyl (C=O) groups is 2. The van der Waals surface area contributed by atoms with Crippen LogP contribution in [0.3, 0.4) is 0 Å². The Balaban J connectivity index is 2.35. The Hall–Kier alpha value is -2.04. The molecule has 1 amide bonds. The van der Waals surface area contributed by atoms with Crippen LogP contribution in [0.25, 0.3) is 0 Å². The Morgan fingerprint density at radius 2 is 2.15 bits per heavy atom. The number of benzene rings is 1. The van der Waals surface area contributed by atoms with Crippen molar-refractivity contribution in [2.24, 2.45) is 5.92 Å². The zero-order valence-electron chi connectivity index (χ0n) is 11.9. The van der Waals surface area contributed by atoms with Gasteiger partial charge in [-0.05, 0) is 37.5 Å². The predicted molar refractivity (Wildman–Crippen MR) is 75.3 cm³/mol. The van der Waals surface area contributed by atoms with Gasteiger partial charge in [0.25, 0.3) is 5.91 Å². The number of ether oxygens (including phenoxy) is 1. The maximum atomic E-state index is 12.2. The molecule has 5 heteroatoms. The fourth-order valence-corrected chi connectivity index (χ4v) is 2.16. The smallest absolute Gasteiger partial charge is 0.335 e. The number of carbonyl (C=O) groups excluding carboxylic acids is 1. The summed E-state index contributed by atoms with van der Waals surface area (Å²) in [5.41, 5.74) is 0.813. The van der Waals surface area contributed by atoms with E-state index in [1.54, 1.807) is 17.9 Å². The number of carboxylic acid groups (broad SMARTS) is 1. The lowest BCUT2D eigenvalue weighted by Crippen LogP contribution is -2.45. The minimum Gasteiger partial charge on any atom is -0.479 e. The summed E-state index contributed by atoms with van der Waals surface area (Å²) in [7, 11) is 0. The highest BCUT2D eigenvalue weighted by atomic mass is 16.5. The second-order valence-corrected chi connectivity index (χ2v) is 5.42. The molecule has 1 atom stereocenters. The molecule has 108 valence electrons. The standard InChI is InChI=1S/C15H19NO4/c1-9(2)6-7-16-12-5-4-11(15(18)19)8-13(12)20-10(3)14(16)17/h4-5,8-10H,6-7H2,1-3H3,(H,18,19). The van der Waals surface area contributed by atoms with Crippen LogP contribution in [0.1, 0.15) is 37.6 Å². The zero-order valence-corrected chi connectivity index (χ0v) is 11.9. The van der Waals surface area contributed by atoms with Gasteiger partial charge in [0.15, 0.2) is 6.10 Å². The minimum absolute atomic E-state index is 0.0822. The number of rotatable bonds is 4. The first-order chi connectivity index (χ1) is 9.40. The highest BCUT2D eigenvalue weighted by Gasteiger charge is 2.31. The fourth-order valence-electron chi connectivity index (χ4n) is 2.16. The lowest BCUT2D eigenvalue weighted by Gasteiger charge is -2.33. The van der Waals surface area contributed by atoms with Gasteiger partial charge < -0.3 is 14.7 Å². The highest BCUT2D eigenvalue weighted by molar-refractivity contribution is 6.00. The van der Waals surface area contributed by atoms with Gasteiger partial charge in [-0.1, -0.05) is 13.8 Å². The molecule has 0 radical (unpaired) electrons. The van der Waals surface area contributed by atoms with E-state index in [9.17, 15) is 9.59 Å². The molecule has 1 heterocycles. The van der Waals surface area contributed by atoms with Crippen molar-refractivity contribution < 1.29 is 19.4 Å². The Bertz CT molecular complexity index is 539. The number of fused-ring (bicyclic) bond motifs is 1. The summed E-state index contributed by atoms with van der Waals surface area (Å²) in [4.78, 5) is 24.9. The van der Waals surface area contributed by atoms with E-state index in [0.29, 0.717) is 23.9 Å².